The molecule has 12 heteroatoms. The van der Waals surface area contributed by atoms with Gasteiger partial charge in [0.25, 0.3) is 0 Å². The van der Waals surface area contributed by atoms with Crippen molar-refractivity contribution in [2.24, 2.45) is 0 Å². The summed E-state index contributed by atoms with van der Waals surface area (Å²) in [6, 6.07) is 4.87. The number of hydrogen-bond donors (Lipinski definition) is 3. The summed E-state index contributed by atoms with van der Waals surface area (Å²) in [5.41, 5.74) is -4.82. The second kappa shape index (κ2) is 7.90. The van der Waals surface area contributed by atoms with E-state index in [1.165, 1.54) is 24.3 Å². The fourth-order valence-corrected chi connectivity index (χ4v) is 4.42. The molecule has 0 amide bonds. The molecule has 2 heterocycles. The van der Waals surface area contributed by atoms with Crippen LogP contribution >= 0.6 is 46.4 Å². The molecule has 0 fully saturated rings. The smallest absolute Gasteiger partial charge is 0.344 e. The van der Waals surface area contributed by atoms with Gasteiger partial charge in [-0.1, -0.05) is 46.4 Å². The van der Waals surface area contributed by atoms with Crippen molar-refractivity contribution in [2.45, 2.75) is 5.92 Å². The summed E-state index contributed by atoms with van der Waals surface area (Å²) in [7, 11) is 0. The van der Waals surface area contributed by atoms with Crippen LogP contribution < -0.4 is 11.3 Å². The van der Waals surface area contributed by atoms with Gasteiger partial charge in [0.1, 0.15) is 17.4 Å². The van der Waals surface area contributed by atoms with Crippen molar-refractivity contribution in [3.63, 3.8) is 0 Å². The molecule has 0 spiro atoms. The first-order chi connectivity index (χ1) is 15.0. The minimum absolute atomic E-state index is 0.0572. The predicted molar refractivity (Wildman–Crippen MR) is 118 cm³/mol. The van der Waals surface area contributed by atoms with E-state index in [9.17, 15) is 29.7 Å². The van der Waals surface area contributed by atoms with Gasteiger partial charge in [0.05, 0.1) is 31.9 Å². The third-order valence-corrected chi connectivity index (χ3v) is 5.69. The van der Waals surface area contributed by atoms with Crippen LogP contribution in [0.15, 0.2) is 42.7 Å². The Hall–Kier alpha value is -2.91. The Bertz CT molecular complexity index is 1460. The number of carbonyl (C=O) groups is 1. The van der Waals surface area contributed by atoms with Gasteiger partial charge in [-0.2, -0.15) is 0 Å². The van der Waals surface area contributed by atoms with E-state index in [4.69, 9.17) is 55.2 Å². The Morgan fingerprint density at radius 2 is 1.12 bits per heavy atom. The van der Waals surface area contributed by atoms with Crippen LogP contribution in [-0.4, -0.2) is 21.3 Å². The normalized spacial score (nSPS) is 11.5. The number of halogens is 4. The molecule has 0 aliphatic heterocycles. The largest absolute Gasteiger partial charge is 0.507 e. The fourth-order valence-electron chi connectivity index (χ4n) is 3.36. The number of aromatic hydroxyl groups is 2. The van der Waals surface area contributed by atoms with Gasteiger partial charge in [0.2, 0.25) is 0 Å². The average Bonchev–Trinajstić information content (AvgIpc) is 2.68. The first kappa shape index (κ1) is 22.3. The van der Waals surface area contributed by atoms with Gasteiger partial charge in [-0.15, -0.1) is 0 Å². The molecule has 0 radical (unpaired) electrons. The van der Waals surface area contributed by atoms with Crippen LogP contribution in [0.1, 0.15) is 17.0 Å². The number of carboxylic acids is 1. The van der Waals surface area contributed by atoms with Crippen molar-refractivity contribution in [1.29, 1.82) is 0 Å². The van der Waals surface area contributed by atoms with E-state index in [0.717, 1.165) is 0 Å². The minimum Gasteiger partial charge on any atom is -0.507 e. The fraction of sp³-hybridized carbons (Fsp3) is 0.0500. The summed E-state index contributed by atoms with van der Waals surface area (Å²) in [5, 5.41) is 30.9. The summed E-state index contributed by atoms with van der Waals surface area (Å²) < 4.78 is 10.2. The van der Waals surface area contributed by atoms with Crippen molar-refractivity contribution in [3.8, 4) is 11.5 Å². The third kappa shape index (κ3) is 3.45. The zero-order chi connectivity index (χ0) is 23.5. The van der Waals surface area contributed by atoms with Crippen molar-refractivity contribution in [3.05, 3.63) is 76.3 Å². The molecule has 32 heavy (non-hydrogen) atoms. The minimum atomic E-state index is -2.19. The first-order valence-electron chi connectivity index (χ1n) is 8.53. The quantitative estimate of drug-likeness (QED) is 0.317. The van der Waals surface area contributed by atoms with Crippen LogP contribution in [-0.2, 0) is 4.79 Å². The van der Waals surface area contributed by atoms with Crippen LogP contribution in [0.4, 0.5) is 0 Å². The number of rotatable bonds is 3. The predicted octanol–water partition coefficient (Wildman–Crippen LogP) is 5.14. The standard InChI is InChI=1S/C20H8Cl4O8/c21-5-1-7-14(25)12(19(29)31-16(7)9(23)3-5)11(18(27)28)13-15(26)8-2-6(22)4-10(24)17(8)32-20(13)30/h1-4,11,25-26H,(H,27,28). The van der Waals surface area contributed by atoms with E-state index in [-0.39, 0.29) is 42.0 Å². The number of fused-ring (bicyclic) bond motifs is 2. The van der Waals surface area contributed by atoms with E-state index in [2.05, 4.69) is 0 Å². The molecule has 0 atom stereocenters. The number of aliphatic carboxylic acids is 1. The molecular formula is C20H8Cl4O8. The lowest BCUT2D eigenvalue weighted by Crippen LogP contribution is -2.26. The van der Waals surface area contributed by atoms with Crippen molar-refractivity contribution in [2.75, 3.05) is 0 Å². The monoisotopic (exact) mass is 516 g/mol. The van der Waals surface area contributed by atoms with Gasteiger partial charge in [-0.05, 0) is 24.3 Å². The second-order valence-electron chi connectivity index (χ2n) is 6.60. The van der Waals surface area contributed by atoms with Gasteiger partial charge in [-0.3, -0.25) is 4.79 Å². The molecule has 0 saturated carbocycles. The molecule has 0 bridgehead atoms. The molecule has 2 aromatic heterocycles. The second-order valence-corrected chi connectivity index (χ2v) is 8.29. The SMILES string of the molecule is O=C(O)C(c1c(O)c2cc(Cl)cc(Cl)c2oc1=O)c1c(O)c2cc(Cl)cc(Cl)c2oc1=O. The van der Waals surface area contributed by atoms with Crippen molar-refractivity contribution in [1.82, 2.24) is 0 Å². The van der Waals surface area contributed by atoms with Crippen LogP contribution in [0.25, 0.3) is 21.9 Å². The zero-order valence-electron chi connectivity index (χ0n) is 15.3. The van der Waals surface area contributed by atoms with Gasteiger partial charge in [0, 0.05) is 10.0 Å². The van der Waals surface area contributed by atoms with E-state index in [1.807, 2.05) is 0 Å². The summed E-state index contributed by atoms with van der Waals surface area (Å²) in [5.74, 6) is -5.66. The maximum Gasteiger partial charge on any atom is 0.344 e. The van der Waals surface area contributed by atoms with E-state index >= 15 is 0 Å². The molecule has 2 aromatic carbocycles. The van der Waals surface area contributed by atoms with E-state index in [1.54, 1.807) is 0 Å². The van der Waals surface area contributed by atoms with Crippen LogP contribution in [0.3, 0.4) is 0 Å². The number of carboxylic acid groups (broad SMARTS) is 1. The highest BCUT2D eigenvalue weighted by Crippen LogP contribution is 2.42. The van der Waals surface area contributed by atoms with Gasteiger partial charge >= 0.3 is 17.2 Å². The molecule has 8 nitrogen and oxygen atoms in total. The molecular weight excluding hydrogens is 510 g/mol. The topological polar surface area (TPSA) is 138 Å². The van der Waals surface area contributed by atoms with Crippen LogP contribution in [0.2, 0.25) is 20.1 Å². The average molecular weight is 518 g/mol. The highest BCUT2D eigenvalue weighted by Gasteiger charge is 2.36. The summed E-state index contributed by atoms with van der Waals surface area (Å²) in [4.78, 5) is 37.5. The van der Waals surface area contributed by atoms with Crippen molar-refractivity contribution >= 4 is 74.3 Å². The highest BCUT2D eigenvalue weighted by molar-refractivity contribution is 6.39. The lowest BCUT2D eigenvalue weighted by molar-refractivity contribution is -0.137. The first-order valence-corrected chi connectivity index (χ1v) is 10.0. The number of hydrogen-bond acceptors (Lipinski definition) is 7. The molecule has 164 valence electrons. The maximum atomic E-state index is 12.7. The van der Waals surface area contributed by atoms with Crippen molar-refractivity contribution < 1.29 is 28.9 Å². The van der Waals surface area contributed by atoms with E-state index < -0.39 is 45.8 Å². The lowest BCUT2D eigenvalue weighted by atomic mass is 9.90. The third-order valence-electron chi connectivity index (χ3n) is 4.69. The number of benzene rings is 2. The molecule has 0 saturated heterocycles. The molecule has 0 unspecified atom stereocenters. The molecule has 3 N–H and O–H groups in total. The molecule has 0 aliphatic carbocycles. The van der Waals surface area contributed by atoms with Crippen LogP contribution in [0, 0.1) is 0 Å². The summed E-state index contributed by atoms with van der Waals surface area (Å²) >= 11 is 23.8. The summed E-state index contributed by atoms with van der Waals surface area (Å²) in [6.45, 7) is 0. The molecule has 0 aliphatic rings. The Morgan fingerprint density at radius 1 is 0.750 bits per heavy atom. The van der Waals surface area contributed by atoms with E-state index in [0.29, 0.717) is 0 Å². The molecule has 4 aromatic rings. The van der Waals surface area contributed by atoms with Gasteiger partial charge in [0.15, 0.2) is 11.2 Å². The van der Waals surface area contributed by atoms with Gasteiger partial charge < -0.3 is 24.2 Å². The van der Waals surface area contributed by atoms with Gasteiger partial charge in [-0.25, -0.2) is 9.59 Å². The summed E-state index contributed by atoms with van der Waals surface area (Å²) in [6.07, 6.45) is 0. The Morgan fingerprint density at radius 3 is 1.47 bits per heavy atom. The molecule has 4 rings (SSSR count). The Kier molecular flexibility index (Phi) is 5.50. The highest BCUT2D eigenvalue weighted by atomic mass is 35.5. The maximum absolute atomic E-state index is 12.7. The van der Waals surface area contributed by atoms with Crippen LogP contribution in [0.5, 0.6) is 11.5 Å². The Balaban J connectivity index is 2.13. The zero-order valence-corrected chi connectivity index (χ0v) is 18.3. The Labute approximate surface area is 196 Å². The lowest BCUT2D eigenvalue weighted by Gasteiger charge is -2.16.